The van der Waals surface area contributed by atoms with Crippen LogP contribution in [-0.2, 0) is 36.1 Å². The van der Waals surface area contributed by atoms with Gasteiger partial charge in [0.05, 0.1) is 45.2 Å². The highest BCUT2D eigenvalue weighted by Crippen LogP contribution is 2.46. The number of hydrogen-bond acceptors (Lipinski definition) is 8. The molecule has 0 radical (unpaired) electrons. The van der Waals surface area contributed by atoms with E-state index >= 15 is 0 Å². The Balaban J connectivity index is 7.01. The molecule has 73 heavy (non-hydrogen) atoms. The molecule has 36 heteroatoms. The number of esters is 1. The first-order valence-electron chi connectivity index (χ1n) is 21.5. The Bertz CT molecular complexity index is 1540. The van der Waals surface area contributed by atoms with Crippen molar-refractivity contribution in [2.24, 2.45) is 0 Å². The minimum Gasteiger partial charge on any atom is -0.460 e. The van der Waals surface area contributed by atoms with Crippen LogP contribution in [0.2, 0.25) is 63.5 Å². The van der Waals surface area contributed by atoms with Gasteiger partial charge in [-0.05, 0) is 90.0 Å². The van der Waals surface area contributed by atoms with Crippen molar-refractivity contribution < 1.29 is 141 Å². The van der Waals surface area contributed by atoms with Crippen molar-refractivity contribution >= 4 is 39.7 Å². The van der Waals surface area contributed by atoms with Gasteiger partial charge in [-0.2, -0.15) is 92.2 Å². The molecule has 0 aliphatic heterocycles. The molecule has 0 saturated heterocycles. The number of rotatable bonds is 35. The summed E-state index contributed by atoms with van der Waals surface area (Å²) in [4.78, 5) is 12.0. The van der Waals surface area contributed by atoms with E-state index in [1.165, 1.54) is 46.2 Å². The fourth-order valence-electron chi connectivity index (χ4n) is 6.24. The molecule has 8 nitrogen and oxygen atoms in total. The van der Waals surface area contributed by atoms with Gasteiger partial charge in [0.2, 0.25) is 0 Å². The molecule has 0 saturated carbocycles. The van der Waals surface area contributed by atoms with Gasteiger partial charge in [0.1, 0.15) is 0 Å². The lowest BCUT2D eigenvalue weighted by molar-refractivity contribution is -0.366. The molecule has 0 aliphatic rings. The predicted octanol–water partition coefficient (Wildman–Crippen LogP) is 14.9. The van der Waals surface area contributed by atoms with Crippen molar-refractivity contribution in [1.29, 1.82) is 0 Å². The van der Waals surface area contributed by atoms with Crippen LogP contribution in [-0.4, -0.2) is 139 Å². The Morgan fingerprint density at radius 3 is 0.932 bits per heavy atom. The molecule has 4 atom stereocenters. The van der Waals surface area contributed by atoms with Crippen molar-refractivity contribution in [1.82, 2.24) is 0 Å². The summed E-state index contributed by atoms with van der Waals surface area (Å²) in [5.74, 6) is -19.0. The maximum atomic E-state index is 14.3. The molecule has 0 aromatic carbocycles. The zero-order chi connectivity index (χ0) is 57.9. The molecule has 0 spiro atoms. The van der Waals surface area contributed by atoms with Gasteiger partial charge >= 0.3 is 69.4 Å². The maximum absolute atomic E-state index is 14.3. The molecule has 0 heterocycles. The second-order valence-corrected chi connectivity index (χ2v) is 34.8. The van der Waals surface area contributed by atoms with E-state index in [2.05, 4.69) is 20.8 Å². The average molecular weight is 1200 g/mol. The van der Waals surface area contributed by atoms with E-state index < -0.39 is 201 Å². The first-order chi connectivity index (χ1) is 32.2. The molecule has 436 valence electrons. The van der Waals surface area contributed by atoms with Crippen LogP contribution < -0.4 is 0 Å². The Kier molecular flexibility index (Phi) is 25.5. The average Bonchev–Trinajstić information content (AvgIpc) is 3.16. The van der Waals surface area contributed by atoms with E-state index in [-0.39, 0.29) is 6.42 Å². The van der Waals surface area contributed by atoms with Crippen molar-refractivity contribution in [2.45, 2.75) is 195 Å². The number of alkyl halides is 24. The highest BCUT2D eigenvalue weighted by molar-refractivity contribution is 6.90. The highest BCUT2D eigenvalue weighted by atomic mass is 28.5. The van der Waals surface area contributed by atoms with Crippen LogP contribution in [0.5, 0.6) is 0 Å². The van der Waals surface area contributed by atoms with Gasteiger partial charge in [-0.3, -0.25) is 0 Å². The summed E-state index contributed by atoms with van der Waals surface area (Å²) in [6.07, 6.45) is -59.6. The summed E-state index contributed by atoms with van der Waals surface area (Å²) in [5, 5.41) is 0. The van der Waals surface area contributed by atoms with E-state index in [0.29, 0.717) is 0 Å². The Hall–Kier alpha value is -1.84. The van der Waals surface area contributed by atoms with Crippen molar-refractivity contribution in [3.63, 3.8) is 0 Å². The number of hydrogen-bond donors (Lipinski definition) is 0. The Morgan fingerprint density at radius 2 is 0.712 bits per heavy atom. The fraction of sp³-hybridized carbons (Fsp3) is 0.919. The van der Waals surface area contributed by atoms with Gasteiger partial charge in [-0.15, -0.1) is 0 Å². The summed E-state index contributed by atoms with van der Waals surface area (Å²) in [5.41, 5.74) is 0. The van der Waals surface area contributed by atoms with Gasteiger partial charge < -0.3 is 31.3 Å². The zero-order valence-corrected chi connectivity index (χ0v) is 43.8. The lowest BCUT2D eigenvalue weighted by atomic mass is 10.1. The first-order valence-corrected chi connectivity index (χ1v) is 32.7. The van der Waals surface area contributed by atoms with Crippen LogP contribution in [0.4, 0.5) is 105 Å². The number of carbonyl (C=O) groups is 1. The van der Waals surface area contributed by atoms with Gasteiger partial charge in [-0.25, -0.2) is 18.0 Å². The molecule has 0 aromatic heterocycles. The Morgan fingerprint density at radius 1 is 0.466 bits per heavy atom. The summed E-state index contributed by atoms with van der Waals surface area (Å²) in [6.45, 7) is 8.13. The van der Waals surface area contributed by atoms with Gasteiger partial charge in [0.25, 0.3) is 0 Å². The summed E-state index contributed by atoms with van der Waals surface area (Å²) in [6, 6.07) is -1.85. The second-order valence-electron chi connectivity index (χ2n) is 18.4. The lowest BCUT2D eigenvalue weighted by Crippen LogP contribution is -2.62. The molecule has 0 aromatic rings. The third kappa shape index (κ3) is 24.6. The lowest BCUT2D eigenvalue weighted by Gasteiger charge is -2.45. The summed E-state index contributed by atoms with van der Waals surface area (Å²) >= 11 is 0. The largest absolute Gasteiger partial charge is 0.469 e. The normalized spacial score (nSPS) is 17.2. The van der Waals surface area contributed by atoms with E-state index in [1.807, 2.05) is 0 Å². The van der Waals surface area contributed by atoms with Crippen molar-refractivity contribution in [3.05, 3.63) is 12.7 Å². The first kappa shape index (κ1) is 71.2. The van der Waals surface area contributed by atoms with Crippen LogP contribution in [0.15, 0.2) is 12.7 Å². The quantitative estimate of drug-likeness (QED) is 0.0204. The zero-order valence-electron chi connectivity index (χ0n) is 39.8. The third-order valence-electron chi connectivity index (χ3n) is 9.83. The predicted molar refractivity (Wildman–Crippen MR) is 219 cm³/mol. The van der Waals surface area contributed by atoms with Crippen LogP contribution in [0, 0.1) is 0 Å². The minimum absolute atomic E-state index is 0.322. The highest BCUT2D eigenvalue weighted by Gasteiger charge is 2.67. The number of ether oxygens (including phenoxy) is 4. The van der Waals surface area contributed by atoms with Gasteiger partial charge in [0, 0.05) is 12.1 Å². The molecule has 4 unspecified atom stereocenters. The van der Waals surface area contributed by atoms with E-state index in [4.69, 9.17) is 17.1 Å². The second kappa shape index (κ2) is 26.2. The van der Waals surface area contributed by atoms with Crippen LogP contribution in [0.1, 0.15) is 51.9 Å². The number of halogens is 24. The van der Waals surface area contributed by atoms with E-state index in [1.54, 1.807) is 0 Å². The van der Waals surface area contributed by atoms with Gasteiger partial charge in [0.15, 0.2) is 43.5 Å². The topological polar surface area (TPSA) is 81.7 Å². The van der Waals surface area contributed by atoms with Crippen LogP contribution >= 0.6 is 0 Å². The number of carbonyl (C=O) groups excluding carboxylic acids is 1. The molecule has 0 fully saturated rings. The van der Waals surface area contributed by atoms with Crippen LogP contribution in [0.3, 0.4) is 0 Å². The Labute approximate surface area is 407 Å². The molecule has 0 N–H and O–H groups in total. The van der Waals surface area contributed by atoms with E-state index in [9.17, 15) is 110 Å². The third-order valence-corrected chi connectivity index (χ3v) is 25.8. The molecular weight excluding hydrogens is 1140 g/mol. The molecular formula is C37H56F24O8Si4. The molecule has 0 aliphatic carbocycles. The molecule has 0 amide bonds. The van der Waals surface area contributed by atoms with Crippen LogP contribution in [0.25, 0.3) is 0 Å². The minimum atomic E-state index is -6.01. The summed E-state index contributed by atoms with van der Waals surface area (Å²) < 4.78 is 361. The fourth-order valence-corrected chi connectivity index (χ4v) is 24.2. The smallest absolute Gasteiger partial charge is 0.460 e. The molecule has 0 rings (SSSR count). The maximum Gasteiger partial charge on any atom is 0.469 e. The SMILES string of the molecule is C=CC(=O)OC(C)CC[Si](O[Si](C)(C)CCCOC(F)(F)C(F)(F)C(F)CC(F)(F)F)(O[Si](C)(C)CCCOC(F)(F)C(F)(F)C(F)CC(F)(F)F)O[Si](C)(C)CCCOC(F)(F)C(F)(F)C(F)CC(F)(F)F. The standard InChI is InChI=1S/C37H56F24O8Si4/c1-9-28(62)66-24(2)13-20-73(67-70(3,4)17-10-14-63-35(56,57)32(50,51)25(38)21-29(41,42)43,68-71(5,6)18-11-15-64-36(58,59)33(52,53)26(39)22-30(44,45)46)69-72(7,8)19-12-16-65-37(60,61)34(54,55)27(40)23-31(47,48)49/h9,24-27H,1,10-23H2,2-8H3. The van der Waals surface area contributed by atoms with Gasteiger partial charge in [-0.1, -0.05) is 6.58 Å². The monoisotopic (exact) mass is 1200 g/mol. The molecule has 0 bridgehead atoms. The van der Waals surface area contributed by atoms with Crippen molar-refractivity contribution in [2.75, 3.05) is 19.8 Å². The van der Waals surface area contributed by atoms with Crippen molar-refractivity contribution in [3.8, 4) is 0 Å². The summed E-state index contributed by atoms with van der Waals surface area (Å²) in [7, 11) is -15.9. The van der Waals surface area contributed by atoms with E-state index in [0.717, 1.165) is 6.08 Å².